The molecule has 0 amide bonds. The first-order valence-electron chi connectivity index (χ1n) is 23.7. The number of rotatable bonds is 42. The Morgan fingerprint density at radius 2 is 0.983 bits per heavy atom. The SMILES string of the molecule is CC/C=C/C=C/C=C/CCCCCCCCCC(=O)OC(COCCC(C(=O)O)[N+](C)(C)C)COC(=O)CCCCCCCCC/C=C/CCCCCCCCCC. The van der Waals surface area contributed by atoms with Crippen LogP contribution in [-0.4, -0.2) is 80.6 Å². The Morgan fingerprint density at radius 1 is 0.534 bits per heavy atom. The first kappa shape index (κ1) is 55.3. The van der Waals surface area contributed by atoms with Crippen LogP contribution in [0.2, 0.25) is 0 Å². The highest BCUT2D eigenvalue weighted by Crippen LogP contribution is 2.15. The summed E-state index contributed by atoms with van der Waals surface area (Å²) in [6, 6.07) is -0.618. The van der Waals surface area contributed by atoms with E-state index in [4.69, 9.17) is 14.2 Å². The fourth-order valence-electron chi connectivity index (χ4n) is 6.85. The molecule has 0 rings (SSSR count). The van der Waals surface area contributed by atoms with Crippen LogP contribution in [-0.2, 0) is 28.6 Å². The third-order valence-electron chi connectivity index (χ3n) is 10.5. The molecule has 0 aromatic carbocycles. The van der Waals surface area contributed by atoms with E-state index in [9.17, 15) is 19.5 Å². The highest BCUT2D eigenvalue weighted by molar-refractivity contribution is 5.72. The van der Waals surface area contributed by atoms with Crippen LogP contribution >= 0.6 is 0 Å². The van der Waals surface area contributed by atoms with Crippen LogP contribution in [0.5, 0.6) is 0 Å². The smallest absolute Gasteiger partial charge is 0.362 e. The number of aliphatic carboxylic acids is 1. The lowest BCUT2D eigenvalue weighted by molar-refractivity contribution is -0.887. The summed E-state index contributed by atoms with van der Waals surface area (Å²) in [6.45, 7) is 4.60. The van der Waals surface area contributed by atoms with E-state index in [1.54, 1.807) is 0 Å². The molecule has 0 saturated heterocycles. The van der Waals surface area contributed by atoms with Crippen molar-refractivity contribution in [3.63, 3.8) is 0 Å². The van der Waals surface area contributed by atoms with Crippen molar-refractivity contribution in [2.24, 2.45) is 0 Å². The van der Waals surface area contributed by atoms with Crippen LogP contribution in [0.1, 0.15) is 200 Å². The van der Waals surface area contributed by atoms with Gasteiger partial charge in [0.2, 0.25) is 0 Å². The summed E-state index contributed by atoms with van der Waals surface area (Å²) >= 11 is 0. The largest absolute Gasteiger partial charge is 0.477 e. The Balaban J connectivity index is 4.29. The number of likely N-dealkylation sites (N-methyl/N-ethyl adjacent to an activating group) is 1. The van der Waals surface area contributed by atoms with E-state index in [-0.39, 0.29) is 36.2 Å². The van der Waals surface area contributed by atoms with Gasteiger partial charge in [-0.25, -0.2) is 4.79 Å². The number of unbranched alkanes of at least 4 members (excludes halogenated alkanes) is 22. The standard InChI is InChI=1S/C50H89NO7/c1-6-8-10-12-14-16-18-20-22-23-24-25-27-28-30-32-34-36-38-40-48(52)57-45-46(44-56-43-42-47(50(54)55)51(3,4)5)58-49(53)41-39-37-35-33-31-29-26-21-19-17-15-13-11-9-7-2/h9,11,13,15,17,19,23-24,46-47H,6-8,10,12,14,16,18,20-22,25-45H2,1-5H3/p+1/b11-9+,15-13+,19-17+,24-23+. The monoisotopic (exact) mass is 817 g/mol. The fraction of sp³-hybridized carbons (Fsp3) is 0.780. The molecule has 58 heavy (non-hydrogen) atoms. The predicted octanol–water partition coefficient (Wildman–Crippen LogP) is 13.2. The Morgan fingerprint density at radius 3 is 1.47 bits per heavy atom. The van der Waals surface area contributed by atoms with Crippen molar-refractivity contribution < 1.29 is 38.2 Å². The van der Waals surface area contributed by atoms with Crippen LogP contribution in [0.25, 0.3) is 0 Å². The van der Waals surface area contributed by atoms with Gasteiger partial charge in [-0.2, -0.15) is 0 Å². The lowest BCUT2D eigenvalue weighted by atomic mass is 10.1. The van der Waals surface area contributed by atoms with E-state index < -0.39 is 18.1 Å². The van der Waals surface area contributed by atoms with Gasteiger partial charge in [-0.1, -0.05) is 172 Å². The maximum Gasteiger partial charge on any atom is 0.362 e. The zero-order valence-corrected chi connectivity index (χ0v) is 38.2. The molecule has 0 aliphatic carbocycles. The summed E-state index contributed by atoms with van der Waals surface area (Å²) in [4.78, 5) is 37.0. The number of quaternary nitrogens is 1. The van der Waals surface area contributed by atoms with Crippen molar-refractivity contribution in [2.75, 3.05) is 41.0 Å². The number of hydrogen-bond donors (Lipinski definition) is 1. The maximum absolute atomic E-state index is 12.7. The molecular formula is C50H90NO7+. The van der Waals surface area contributed by atoms with Gasteiger partial charge in [-0.05, 0) is 57.8 Å². The van der Waals surface area contributed by atoms with Gasteiger partial charge >= 0.3 is 17.9 Å². The van der Waals surface area contributed by atoms with Crippen LogP contribution in [0, 0.1) is 0 Å². The van der Waals surface area contributed by atoms with E-state index in [1.807, 2.05) is 21.1 Å². The number of carbonyl (C=O) groups is 3. The third kappa shape index (κ3) is 38.8. The van der Waals surface area contributed by atoms with Crippen molar-refractivity contribution in [3.8, 4) is 0 Å². The molecule has 0 aliphatic heterocycles. The number of allylic oxidation sites excluding steroid dienone is 8. The fourth-order valence-corrected chi connectivity index (χ4v) is 6.85. The number of hydrogen-bond acceptors (Lipinski definition) is 6. The third-order valence-corrected chi connectivity index (χ3v) is 10.5. The second kappa shape index (κ2) is 41.0. The van der Waals surface area contributed by atoms with E-state index in [0.29, 0.717) is 19.3 Å². The molecule has 336 valence electrons. The topological polar surface area (TPSA) is 99.1 Å². The van der Waals surface area contributed by atoms with Crippen molar-refractivity contribution in [1.29, 1.82) is 0 Å². The minimum atomic E-state index is -0.878. The Hall–Kier alpha value is -2.71. The number of ether oxygens (including phenoxy) is 3. The van der Waals surface area contributed by atoms with Crippen molar-refractivity contribution in [1.82, 2.24) is 0 Å². The molecule has 0 radical (unpaired) electrons. The second-order valence-corrected chi connectivity index (χ2v) is 17.0. The molecule has 0 fully saturated rings. The summed E-state index contributed by atoms with van der Waals surface area (Å²) in [5.74, 6) is -1.49. The number of nitrogens with zero attached hydrogens (tertiary/aromatic N) is 1. The molecule has 8 nitrogen and oxygen atoms in total. The summed E-state index contributed by atoms with van der Waals surface area (Å²) in [5, 5.41) is 9.63. The van der Waals surface area contributed by atoms with Gasteiger partial charge in [0.15, 0.2) is 12.1 Å². The molecule has 8 heteroatoms. The van der Waals surface area contributed by atoms with Gasteiger partial charge in [0.05, 0.1) is 34.4 Å². The molecule has 0 aliphatic rings. The molecule has 0 bridgehead atoms. The molecule has 2 unspecified atom stereocenters. The quantitative estimate of drug-likeness (QED) is 0.0215. The summed E-state index contributed by atoms with van der Waals surface area (Å²) in [6.07, 6.45) is 48.7. The van der Waals surface area contributed by atoms with Gasteiger partial charge < -0.3 is 23.8 Å². The minimum Gasteiger partial charge on any atom is -0.477 e. The zero-order chi connectivity index (χ0) is 42.8. The Kier molecular flexibility index (Phi) is 39.1. The zero-order valence-electron chi connectivity index (χ0n) is 38.2. The van der Waals surface area contributed by atoms with Gasteiger partial charge in [-0.15, -0.1) is 0 Å². The Labute approximate surface area is 356 Å². The summed E-state index contributed by atoms with van der Waals surface area (Å²) in [7, 11) is 5.52. The summed E-state index contributed by atoms with van der Waals surface area (Å²) in [5.41, 5.74) is 0. The second-order valence-electron chi connectivity index (χ2n) is 17.0. The highest BCUT2D eigenvalue weighted by Gasteiger charge is 2.31. The molecule has 0 spiro atoms. The van der Waals surface area contributed by atoms with E-state index in [0.717, 1.165) is 57.8 Å². The van der Waals surface area contributed by atoms with Gasteiger partial charge in [0, 0.05) is 19.3 Å². The van der Waals surface area contributed by atoms with Crippen molar-refractivity contribution in [2.45, 2.75) is 212 Å². The highest BCUT2D eigenvalue weighted by atomic mass is 16.6. The lowest BCUT2D eigenvalue weighted by Crippen LogP contribution is -2.50. The number of carboxylic acids is 1. The molecule has 0 aromatic rings. The molecule has 2 atom stereocenters. The van der Waals surface area contributed by atoms with Crippen LogP contribution in [0.3, 0.4) is 0 Å². The van der Waals surface area contributed by atoms with Crippen molar-refractivity contribution >= 4 is 17.9 Å². The maximum atomic E-state index is 12.7. The first-order valence-corrected chi connectivity index (χ1v) is 23.7. The van der Waals surface area contributed by atoms with E-state index >= 15 is 0 Å². The van der Waals surface area contributed by atoms with Gasteiger partial charge in [0.25, 0.3) is 0 Å². The lowest BCUT2D eigenvalue weighted by Gasteiger charge is -2.31. The van der Waals surface area contributed by atoms with Crippen LogP contribution in [0.15, 0.2) is 48.6 Å². The van der Waals surface area contributed by atoms with Crippen LogP contribution < -0.4 is 0 Å². The molecular weight excluding hydrogens is 727 g/mol. The number of esters is 2. The van der Waals surface area contributed by atoms with Gasteiger partial charge in [-0.3, -0.25) is 9.59 Å². The van der Waals surface area contributed by atoms with Crippen LogP contribution in [0.4, 0.5) is 0 Å². The predicted molar refractivity (Wildman–Crippen MR) is 243 cm³/mol. The average Bonchev–Trinajstić information content (AvgIpc) is 3.18. The number of carbonyl (C=O) groups excluding carboxylic acids is 2. The molecule has 1 N–H and O–H groups in total. The normalized spacial score (nSPS) is 13.3. The van der Waals surface area contributed by atoms with Gasteiger partial charge in [0.1, 0.15) is 6.61 Å². The van der Waals surface area contributed by atoms with Crippen molar-refractivity contribution in [3.05, 3.63) is 48.6 Å². The van der Waals surface area contributed by atoms with E-state index in [2.05, 4.69) is 62.5 Å². The average molecular weight is 817 g/mol. The molecule has 0 saturated carbocycles. The van der Waals surface area contributed by atoms with E-state index in [1.165, 1.54) is 109 Å². The minimum absolute atomic E-state index is 0.0545. The number of carboxylic acid groups (broad SMARTS) is 1. The summed E-state index contributed by atoms with van der Waals surface area (Å²) < 4.78 is 17.3. The molecule has 0 heterocycles. The first-order chi connectivity index (χ1) is 28.1. The Bertz CT molecular complexity index is 1090. The molecule has 0 aromatic heterocycles.